The van der Waals surface area contributed by atoms with Crippen molar-refractivity contribution in [1.82, 2.24) is 5.32 Å². The first-order chi connectivity index (χ1) is 11.6. The second kappa shape index (κ2) is 7.12. The molecule has 0 saturated heterocycles. The zero-order chi connectivity index (χ0) is 16.9. The lowest BCUT2D eigenvalue weighted by atomic mass is 10.1. The van der Waals surface area contributed by atoms with Gasteiger partial charge in [-0.2, -0.15) is 0 Å². The monoisotopic (exact) mass is 327 g/mol. The zero-order valence-electron chi connectivity index (χ0n) is 13.1. The van der Waals surface area contributed by atoms with Crippen molar-refractivity contribution in [3.63, 3.8) is 0 Å². The Kier molecular flexibility index (Phi) is 4.74. The standard InChI is InChI=1S/C18H18FN3O2/c19-14-5-8-15(9-6-14)21-17(23)11-20-18(24)22-16-7-4-12-2-1-3-13(12)10-16/h4-10H,1-3,11H2,(H,21,23)(H2,20,22,24). The minimum Gasteiger partial charge on any atom is -0.329 e. The van der Waals surface area contributed by atoms with Gasteiger partial charge in [0.25, 0.3) is 0 Å². The summed E-state index contributed by atoms with van der Waals surface area (Å²) in [5.41, 5.74) is 3.79. The van der Waals surface area contributed by atoms with Crippen LogP contribution in [0.5, 0.6) is 0 Å². The highest BCUT2D eigenvalue weighted by atomic mass is 19.1. The highest BCUT2D eigenvalue weighted by molar-refractivity contribution is 5.96. The molecule has 0 unspecified atom stereocenters. The Balaban J connectivity index is 1.46. The van der Waals surface area contributed by atoms with E-state index in [1.165, 1.54) is 35.4 Å². The van der Waals surface area contributed by atoms with Gasteiger partial charge >= 0.3 is 6.03 Å². The van der Waals surface area contributed by atoms with Crippen molar-refractivity contribution in [3.05, 3.63) is 59.4 Å². The summed E-state index contributed by atoms with van der Waals surface area (Å²) in [7, 11) is 0. The fourth-order valence-corrected chi connectivity index (χ4v) is 2.72. The van der Waals surface area contributed by atoms with Gasteiger partial charge in [0, 0.05) is 11.4 Å². The van der Waals surface area contributed by atoms with Crippen molar-refractivity contribution in [3.8, 4) is 0 Å². The van der Waals surface area contributed by atoms with E-state index in [0.29, 0.717) is 11.4 Å². The summed E-state index contributed by atoms with van der Waals surface area (Å²) < 4.78 is 12.8. The van der Waals surface area contributed by atoms with Crippen LogP contribution in [0.1, 0.15) is 17.5 Å². The maximum absolute atomic E-state index is 12.8. The zero-order valence-corrected chi connectivity index (χ0v) is 13.1. The van der Waals surface area contributed by atoms with E-state index in [1.54, 1.807) is 0 Å². The molecule has 0 radical (unpaired) electrons. The summed E-state index contributed by atoms with van der Waals surface area (Å²) >= 11 is 0. The van der Waals surface area contributed by atoms with Crippen molar-refractivity contribution < 1.29 is 14.0 Å². The second-order valence-corrected chi connectivity index (χ2v) is 5.70. The van der Waals surface area contributed by atoms with Crippen LogP contribution in [0.3, 0.4) is 0 Å². The highest BCUT2D eigenvalue weighted by Gasteiger charge is 2.12. The van der Waals surface area contributed by atoms with Crippen molar-refractivity contribution in [1.29, 1.82) is 0 Å². The number of hydrogen-bond acceptors (Lipinski definition) is 2. The molecule has 0 atom stereocenters. The molecule has 124 valence electrons. The number of urea groups is 1. The van der Waals surface area contributed by atoms with Crippen molar-refractivity contribution in [2.75, 3.05) is 17.2 Å². The van der Waals surface area contributed by atoms with Gasteiger partial charge in [-0.25, -0.2) is 9.18 Å². The third kappa shape index (κ3) is 4.10. The topological polar surface area (TPSA) is 70.2 Å². The van der Waals surface area contributed by atoms with Crippen molar-refractivity contribution in [2.24, 2.45) is 0 Å². The Bertz CT molecular complexity index is 759. The number of halogens is 1. The van der Waals surface area contributed by atoms with Crippen LogP contribution in [0, 0.1) is 5.82 Å². The van der Waals surface area contributed by atoms with Crippen LogP contribution >= 0.6 is 0 Å². The molecule has 0 saturated carbocycles. The molecule has 2 aromatic rings. The summed E-state index contributed by atoms with van der Waals surface area (Å²) in [4.78, 5) is 23.6. The van der Waals surface area contributed by atoms with E-state index in [-0.39, 0.29) is 18.3 Å². The molecule has 2 aromatic carbocycles. The van der Waals surface area contributed by atoms with Crippen LogP contribution in [-0.2, 0) is 17.6 Å². The van der Waals surface area contributed by atoms with Gasteiger partial charge in [0.1, 0.15) is 5.82 Å². The molecule has 0 aliphatic heterocycles. The molecule has 1 aliphatic carbocycles. The average Bonchev–Trinajstić information content (AvgIpc) is 3.03. The van der Waals surface area contributed by atoms with E-state index in [9.17, 15) is 14.0 Å². The third-order valence-corrected chi connectivity index (χ3v) is 3.89. The number of amides is 3. The summed E-state index contributed by atoms with van der Waals surface area (Å²) in [6, 6.07) is 10.8. The number of benzene rings is 2. The fraction of sp³-hybridized carbons (Fsp3) is 0.222. The lowest BCUT2D eigenvalue weighted by molar-refractivity contribution is -0.115. The number of fused-ring (bicyclic) bond motifs is 1. The van der Waals surface area contributed by atoms with Crippen LogP contribution in [0.2, 0.25) is 0 Å². The van der Waals surface area contributed by atoms with Gasteiger partial charge in [-0.1, -0.05) is 6.07 Å². The quantitative estimate of drug-likeness (QED) is 0.808. The number of carbonyl (C=O) groups is 2. The van der Waals surface area contributed by atoms with Gasteiger partial charge in [0.05, 0.1) is 6.54 Å². The molecule has 0 bridgehead atoms. The van der Waals surface area contributed by atoms with Crippen LogP contribution in [-0.4, -0.2) is 18.5 Å². The van der Waals surface area contributed by atoms with Crippen molar-refractivity contribution in [2.45, 2.75) is 19.3 Å². The smallest absolute Gasteiger partial charge is 0.319 e. The molecule has 5 nitrogen and oxygen atoms in total. The van der Waals surface area contributed by atoms with Gasteiger partial charge in [-0.3, -0.25) is 4.79 Å². The SMILES string of the molecule is O=C(CNC(=O)Nc1ccc2c(c1)CCC2)Nc1ccc(F)cc1. The molecular weight excluding hydrogens is 309 g/mol. The fourth-order valence-electron chi connectivity index (χ4n) is 2.72. The maximum atomic E-state index is 12.8. The Morgan fingerprint density at radius 1 is 0.917 bits per heavy atom. The van der Waals surface area contributed by atoms with E-state index < -0.39 is 6.03 Å². The molecule has 6 heteroatoms. The Morgan fingerprint density at radius 3 is 2.42 bits per heavy atom. The second-order valence-electron chi connectivity index (χ2n) is 5.70. The first-order valence-corrected chi connectivity index (χ1v) is 7.82. The molecule has 0 fully saturated rings. The van der Waals surface area contributed by atoms with E-state index in [4.69, 9.17) is 0 Å². The maximum Gasteiger partial charge on any atom is 0.319 e. The Hall–Kier alpha value is -2.89. The predicted molar refractivity (Wildman–Crippen MR) is 90.5 cm³/mol. The van der Waals surface area contributed by atoms with Crippen LogP contribution in [0.4, 0.5) is 20.6 Å². The molecule has 1 aliphatic rings. The number of aryl methyl sites for hydroxylation is 2. The normalized spacial score (nSPS) is 12.4. The lowest BCUT2D eigenvalue weighted by Gasteiger charge is -2.09. The average molecular weight is 327 g/mol. The molecule has 0 heterocycles. The lowest BCUT2D eigenvalue weighted by Crippen LogP contribution is -2.35. The summed E-state index contributed by atoms with van der Waals surface area (Å²) in [6.07, 6.45) is 3.27. The van der Waals surface area contributed by atoms with E-state index in [2.05, 4.69) is 16.0 Å². The third-order valence-electron chi connectivity index (χ3n) is 3.89. The van der Waals surface area contributed by atoms with Gasteiger partial charge < -0.3 is 16.0 Å². The number of nitrogens with one attached hydrogen (secondary N) is 3. The van der Waals surface area contributed by atoms with Crippen LogP contribution < -0.4 is 16.0 Å². The number of hydrogen-bond donors (Lipinski definition) is 3. The van der Waals surface area contributed by atoms with E-state index >= 15 is 0 Å². The van der Waals surface area contributed by atoms with Gasteiger partial charge in [-0.05, 0) is 66.8 Å². The minimum absolute atomic E-state index is 0.172. The first kappa shape index (κ1) is 16.0. The molecule has 0 spiro atoms. The van der Waals surface area contributed by atoms with Gasteiger partial charge in [-0.15, -0.1) is 0 Å². The number of anilines is 2. The first-order valence-electron chi connectivity index (χ1n) is 7.82. The molecule has 24 heavy (non-hydrogen) atoms. The summed E-state index contributed by atoms with van der Waals surface area (Å²) in [6.45, 7) is -0.172. The van der Waals surface area contributed by atoms with Gasteiger partial charge in [0.15, 0.2) is 0 Å². The molecule has 3 N–H and O–H groups in total. The van der Waals surface area contributed by atoms with Crippen molar-refractivity contribution >= 4 is 23.3 Å². The Morgan fingerprint density at radius 2 is 1.62 bits per heavy atom. The summed E-state index contributed by atoms with van der Waals surface area (Å²) in [5, 5.41) is 7.79. The largest absolute Gasteiger partial charge is 0.329 e. The molecule has 0 aromatic heterocycles. The molecule has 3 rings (SSSR count). The Labute approximate surface area is 139 Å². The predicted octanol–water partition coefficient (Wildman–Crippen LogP) is 3.07. The number of carbonyl (C=O) groups excluding carboxylic acids is 2. The number of rotatable bonds is 4. The molecule has 3 amide bonds. The molecular formula is C18H18FN3O2. The summed E-state index contributed by atoms with van der Waals surface area (Å²) in [5.74, 6) is -0.759. The van der Waals surface area contributed by atoms with Gasteiger partial charge in [0.2, 0.25) is 5.91 Å². The highest BCUT2D eigenvalue weighted by Crippen LogP contribution is 2.24. The van der Waals surface area contributed by atoms with E-state index in [0.717, 1.165) is 19.3 Å². The van der Waals surface area contributed by atoms with Crippen LogP contribution in [0.25, 0.3) is 0 Å². The minimum atomic E-state index is -0.442. The van der Waals surface area contributed by atoms with E-state index in [1.807, 2.05) is 18.2 Å². The van der Waals surface area contributed by atoms with Crippen LogP contribution in [0.15, 0.2) is 42.5 Å².